The second-order valence-corrected chi connectivity index (χ2v) is 12.3. The molecule has 2 aliphatic heterocycles. The van der Waals surface area contributed by atoms with Gasteiger partial charge >= 0.3 is 12.2 Å². The predicted octanol–water partition coefficient (Wildman–Crippen LogP) is 7.90. The van der Waals surface area contributed by atoms with Crippen molar-refractivity contribution in [2.45, 2.75) is 77.5 Å². The molecule has 194 valence electrons. The summed E-state index contributed by atoms with van der Waals surface area (Å²) in [6, 6.07) is 11.2. The van der Waals surface area contributed by atoms with Gasteiger partial charge in [0, 0.05) is 40.7 Å². The van der Waals surface area contributed by atoms with Crippen molar-refractivity contribution >= 4 is 41.1 Å². The quantitative estimate of drug-likeness (QED) is 0.374. The summed E-state index contributed by atoms with van der Waals surface area (Å²) >= 11 is 12.8. The maximum atomic E-state index is 13.5. The molecule has 6 nitrogen and oxygen atoms in total. The van der Waals surface area contributed by atoms with E-state index in [1.807, 2.05) is 71.9 Å². The molecule has 2 aromatic rings. The minimum Gasteiger partial charge on any atom is -0.444 e. The smallest absolute Gasteiger partial charge is 0.415 e. The van der Waals surface area contributed by atoms with Crippen LogP contribution in [0.3, 0.4) is 0 Å². The Morgan fingerprint density at radius 1 is 0.861 bits per heavy atom. The standard InChI is InChI=1S/C28H34Cl2N2O4/c1-27(2,3)35-25(33)31-14-12-20-22(13-15-31)32(26(34)36-28(4,5)6)23-9-7-8-19(24(20)23)18-11-10-17(29)16-21(18)30/h7-11,16,20,22H,12-15H2,1-6H3. The lowest BCUT2D eigenvalue weighted by Gasteiger charge is -2.30. The number of carbonyl (C=O) groups is 2. The van der Waals surface area contributed by atoms with Crippen LogP contribution in [0.5, 0.6) is 0 Å². The first-order valence-electron chi connectivity index (χ1n) is 12.3. The van der Waals surface area contributed by atoms with Crippen molar-refractivity contribution in [3.05, 3.63) is 52.0 Å². The second kappa shape index (κ2) is 9.79. The van der Waals surface area contributed by atoms with Gasteiger partial charge < -0.3 is 14.4 Å². The highest BCUT2D eigenvalue weighted by atomic mass is 35.5. The van der Waals surface area contributed by atoms with Crippen LogP contribution in [0.2, 0.25) is 10.0 Å². The van der Waals surface area contributed by atoms with Crippen LogP contribution in [0.15, 0.2) is 36.4 Å². The number of likely N-dealkylation sites (tertiary alicyclic amines) is 1. The average molecular weight is 533 g/mol. The van der Waals surface area contributed by atoms with Gasteiger partial charge in [-0.2, -0.15) is 0 Å². The van der Waals surface area contributed by atoms with Gasteiger partial charge in [-0.3, -0.25) is 4.90 Å². The van der Waals surface area contributed by atoms with E-state index in [0.717, 1.165) is 22.4 Å². The molecule has 8 heteroatoms. The van der Waals surface area contributed by atoms with E-state index >= 15 is 0 Å². The number of nitrogens with zero attached hydrogens (tertiary/aromatic N) is 2. The van der Waals surface area contributed by atoms with Gasteiger partial charge in [0.1, 0.15) is 11.2 Å². The SMILES string of the molecule is CC(C)(C)OC(=O)N1CCC2c3c(-c4ccc(Cl)cc4Cl)cccc3N(C(=O)OC(C)(C)C)C2CC1. The molecule has 0 radical (unpaired) electrons. The van der Waals surface area contributed by atoms with Crippen molar-refractivity contribution in [2.24, 2.45) is 0 Å². The number of anilines is 1. The summed E-state index contributed by atoms with van der Waals surface area (Å²) in [6.45, 7) is 12.2. The molecule has 0 N–H and O–H groups in total. The lowest BCUT2D eigenvalue weighted by Crippen LogP contribution is -2.43. The van der Waals surface area contributed by atoms with Crippen LogP contribution in [0.4, 0.5) is 15.3 Å². The summed E-state index contributed by atoms with van der Waals surface area (Å²) in [4.78, 5) is 29.9. The highest BCUT2D eigenvalue weighted by molar-refractivity contribution is 6.36. The number of hydrogen-bond acceptors (Lipinski definition) is 4. The van der Waals surface area contributed by atoms with E-state index in [-0.39, 0.29) is 24.1 Å². The van der Waals surface area contributed by atoms with E-state index in [0.29, 0.717) is 36.0 Å². The molecule has 2 aliphatic rings. The summed E-state index contributed by atoms with van der Waals surface area (Å²) in [6.07, 6.45) is 0.561. The predicted molar refractivity (Wildman–Crippen MR) is 144 cm³/mol. The fraction of sp³-hybridized carbons (Fsp3) is 0.500. The van der Waals surface area contributed by atoms with Crippen LogP contribution in [0.1, 0.15) is 65.9 Å². The van der Waals surface area contributed by atoms with Gasteiger partial charge in [0.2, 0.25) is 0 Å². The van der Waals surface area contributed by atoms with Gasteiger partial charge in [-0.15, -0.1) is 0 Å². The van der Waals surface area contributed by atoms with Gasteiger partial charge in [0.05, 0.1) is 5.69 Å². The zero-order valence-electron chi connectivity index (χ0n) is 21.7. The Labute approximate surface area is 223 Å². The zero-order valence-corrected chi connectivity index (χ0v) is 23.2. The van der Waals surface area contributed by atoms with E-state index in [2.05, 4.69) is 0 Å². The van der Waals surface area contributed by atoms with Crippen LogP contribution in [0.25, 0.3) is 11.1 Å². The fourth-order valence-corrected chi connectivity index (χ4v) is 5.57. The molecule has 36 heavy (non-hydrogen) atoms. The Balaban J connectivity index is 1.77. The number of ether oxygens (including phenoxy) is 2. The fourth-order valence-electron chi connectivity index (χ4n) is 5.06. The maximum absolute atomic E-state index is 13.5. The van der Waals surface area contributed by atoms with E-state index in [9.17, 15) is 9.59 Å². The number of carbonyl (C=O) groups excluding carboxylic acids is 2. The van der Waals surface area contributed by atoms with E-state index in [1.165, 1.54) is 0 Å². The third kappa shape index (κ3) is 5.60. The van der Waals surface area contributed by atoms with Crippen LogP contribution in [0, 0.1) is 0 Å². The number of amides is 2. The Morgan fingerprint density at radius 2 is 1.50 bits per heavy atom. The van der Waals surface area contributed by atoms with Crippen LogP contribution in [-0.4, -0.2) is 47.4 Å². The molecule has 0 saturated carbocycles. The largest absolute Gasteiger partial charge is 0.444 e. The molecule has 0 aromatic heterocycles. The maximum Gasteiger partial charge on any atom is 0.415 e. The molecule has 0 bridgehead atoms. The molecule has 1 fully saturated rings. The molecule has 2 unspecified atom stereocenters. The summed E-state index contributed by atoms with van der Waals surface area (Å²) in [5.41, 5.74) is 2.47. The minimum absolute atomic E-state index is 0.00269. The van der Waals surface area contributed by atoms with E-state index in [4.69, 9.17) is 32.7 Å². The van der Waals surface area contributed by atoms with Gasteiger partial charge in [0.25, 0.3) is 0 Å². The summed E-state index contributed by atoms with van der Waals surface area (Å²) in [7, 11) is 0. The van der Waals surface area contributed by atoms with Crippen molar-refractivity contribution < 1.29 is 19.1 Å². The lowest BCUT2D eigenvalue weighted by molar-refractivity contribution is 0.0256. The number of rotatable bonds is 1. The first-order valence-corrected chi connectivity index (χ1v) is 13.1. The molecular formula is C28H34Cl2N2O4. The summed E-state index contributed by atoms with van der Waals surface area (Å²) < 4.78 is 11.5. The summed E-state index contributed by atoms with van der Waals surface area (Å²) in [5, 5.41) is 1.11. The van der Waals surface area contributed by atoms with Crippen molar-refractivity contribution in [3.63, 3.8) is 0 Å². The third-order valence-electron chi connectivity index (χ3n) is 6.38. The Kier molecular flexibility index (Phi) is 7.24. The lowest BCUT2D eigenvalue weighted by atomic mass is 9.86. The normalized spacial score (nSPS) is 19.9. The summed E-state index contributed by atoms with van der Waals surface area (Å²) in [5.74, 6) is 0.00269. The van der Waals surface area contributed by atoms with E-state index in [1.54, 1.807) is 15.9 Å². The molecule has 2 amide bonds. The molecule has 2 aromatic carbocycles. The van der Waals surface area contributed by atoms with Crippen LogP contribution in [-0.2, 0) is 9.47 Å². The van der Waals surface area contributed by atoms with E-state index < -0.39 is 11.2 Å². The topological polar surface area (TPSA) is 59.1 Å². The monoisotopic (exact) mass is 532 g/mol. The third-order valence-corrected chi connectivity index (χ3v) is 6.93. The highest BCUT2D eigenvalue weighted by Gasteiger charge is 2.46. The molecule has 2 atom stereocenters. The van der Waals surface area contributed by atoms with Crippen molar-refractivity contribution in [1.82, 2.24) is 4.90 Å². The second-order valence-electron chi connectivity index (χ2n) is 11.4. The van der Waals surface area contributed by atoms with Gasteiger partial charge in [-0.1, -0.05) is 41.4 Å². The molecule has 0 aliphatic carbocycles. The highest BCUT2D eigenvalue weighted by Crippen LogP contribution is 2.51. The van der Waals surface area contributed by atoms with Gasteiger partial charge in [-0.25, -0.2) is 9.59 Å². The molecule has 2 heterocycles. The van der Waals surface area contributed by atoms with Crippen LogP contribution >= 0.6 is 23.2 Å². The van der Waals surface area contributed by atoms with Crippen LogP contribution < -0.4 is 4.90 Å². The molecule has 1 saturated heterocycles. The minimum atomic E-state index is -0.639. The first kappa shape index (κ1) is 26.6. The Hall–Kier alpha value is -2.44. The number of halogens is 2. The van der Waals surface area contributed by atoms with Crippen molar-refractivity contribution in [3.8, 4) is 11.1 Å². The van der Waals surface area contributed by atoms with Gasteiger partial charge in [0.15, 0.2) is 0 Å². The van der Waals surface area contributed by atoms with Crippen molar-refractivity contribution in [2.75, 3.05) is 18.0 Å². The molecular weight excluding hydrogens is 499 g/mol. The Morgan fingerprint density at radius 3 is 2.14 bits per heavy atom. The van der Waals surface area contributed by atoms with Crippen molar-refractivity contribution in [1.29, 1.82) is 0 Å². The number of benzene rings is 2. The average Bonchev–Trinajstić information content (AvgIpc) is 2.89. The zero-order chi connectivity index (χ0) is 26.4. The first-order chi connectivity index (χ1) is 16.7. The molecule has 4 rings (SSSR count). The van der Waals surface area contributed by atoms with Gasteiger partial charge in [-0.05, 0) is 83.7 Å². The number of fused-ring (bicyclic) bond motifs is 3. The Bertz CT molecular complexity index is 1170. The molecule has 0 spiro atoms. The number of hydrogen-bond donors (Lipinski definition) is 0.